The Hall–Kier alpha value is -9.89. The van der Waals surface area contributed by atoms with E-state index in [2.05, 4.69) is 171 Å². The highest BCUT2D eigenvalue weighted by atomic mass is 28.3. The molecule has 0 aliphatic carbocycles. The fourth-order valence-corrected chi connectivity index (χ4v) is 21.3. The lowest BCUT2D eigenvalue weighted by Gasteiger charge is -2.25. The van der Waals surface area contributed by atoms with Crippen LogP contribution in [0.4, 0.5) is 39.8 Å². The van der Waals surface area contributed by atoms with Gasteiger partial charge < -0.3 is 49.7 Å². The number of carbonyl (C=O) groups is 10. The minimum Gasteiger partial charge on any atom is -0.466 e. The Morgan fingerprint density at radius 1 is 0.248 bits per heavy atom. The van der Waals surface area contributed by atoms with Crippen molar-refractivity contribution in [1.82, 2.24) is 10.2 Å². The molecule has 0 unspecified atom stereocenters. The summed E-state index contributed by atoms with van der Waals surface area (Å²) in [7, 11) is 5.80. The van der Waals surface area contributed by atoms with Crippen molar-refractivity contribution in [2.45, 2.75) is 389 Å². The Morgan fingerprint density at radius 3 is 0.710 bits per heavy atom. The molecule has 0 fully saturated rings. The first-order valence-electron chi connectivity index (χ1n) is 53.9. The van der Waals surface area contributed by atoms with Crippen LogP contribution in [0, 0.1) is 0 Å². The molecule has 2 N–H and O–H groups in total. The molecule has 145 heavy (non-hydrogen) atoms. The number of nitrogens with zero attached hydrogens (tertiary/aromatic N) is 7. The third-order valence-electron chi connectivity index (χ3n) is 21.8. The summed E-state index contributed by atoms with van der Waals surface area (Å²) in [4.78, 5) is 120. The second-order valence-electron chi connectivity index (χ2n) is 39.9. The van der Waals surface area contributed by atoms with Gasteiger partial charge >= 0.3 is 5.97 Å². The lowest BCUT2D eigenvalue weighted by atomic mass is 10.2. The van der Waals surface area contributed by atoms with Crippen LogP contribution in [-0.2, 0) is 52.7 Å². The number of unbranched alkanes of at least 4 members (excludes halogenated alkanes) is 8. The summed E-state index contributed by atoms with van der Waals surface area (Å²) in [5, 5.41) is 5.37. The van der Waals surface area contributed by atoms with Gasteiger partial charge in [0.15, 0.2) is 0 Å². The molecule has 7 aromatic carbocycles. The van der Waals surface area contributed by atoms with Crippen LogP contribution in [-0.4, -0.2) is 164 Å². The van der Waals surface area contributed by atoms with Gasteiger partial charge in [-0.05, 0) is 117 Å². The van der Waals surface area contributed by atoms with E-state index in [0.717, 1.165) is 124 Å². The molecule has 0 saturated carbocycles. The first-order chi connectivity index (χ1) is 68.2. The number of esters is 1. The Balaban J connectivity index is -0.000000234. The summed E-state index contributed by atoms with van der Waals surface area (Å²) in [5.74, 6) is 0.470. The highest BCUT2D eigenvalue weighted by Gasteiger charge is 2.21. The lowest BCUT2D eigenvalue weighted by Crippen LogP contribution is -2.32. The predicted molar refractivity (Wildman–Crippen MR) is 647 cm³/mol. The van der Waals surface area contributed by atoms with Gasteiger partial charge in [-0.25, -0.2) is 0 Å². The summed E-state index contributed by atoms with van der Waals surface area (Å²) in [6, 6.07) is 76.1. The van der Waals surface area contributed by atoms with E-state index in [1.165, 1.54) is 128 Å². The van der Waals surface area contributed by atoms with Crippen molar-refractivity contribution < 1.29 is 52.7 Å². The molecule has 7 aromatic rings. The second kappa shape index (κ2) is 98.8. The van der Waals surface area contributed by atoms with E-state index in [1.807, 2.05) is 229 Å². The fraction of sp³-hybridized carbons (Fsp3) is 0.570. The van der Waals surface area contributed by atoms with E-state index in [-0.39, 0.29) is 59.1 Å². The van der Waals surface area contributed by atoms with Crippen molar-refractivity contribution in [3.63, 3.8) is 0 Å². The number of hydrogen-bond donors (Lipinski definition) is 2. The van der Waals surface area contributed by atoms with Crippen LogP contribution in [0.5, 0.6) is 0 Å². The van der Waals surface area contributed by atoms with Crippen molar-refractivity contribution in [2.24, 2.45) is 0 Å². The van der Waals surface area contributed by atoms with Crippen molar-refractivity contribution in [2.75, 3.05) is 103 Å². The zero-order chi connectivity index (χ0) is 113. The standard InChI is InChI=1S/C16H27NOSi.C12H17NO.4C9H11NO.C9H22Si.C8H9NO.C7H15NO.C6H13NO.C6H12O2.2C6H16Si.C5H12.C4H10/c1-5-13-19(3,4)14-9-12-17(15(2)18)16-10-7-6-8-11-16;1-3-4-10-13(11(2)14)12-8-6-5-7-9-12;4*1-8(11)10(2)9-6-4-3-5-7-9;1-5-7-9-10(3,4)8-6-2;1-7(10)9-8-5-3-2-4-6-8;1-4-5-6-8(3)7(2)9;1-3-4-5-7-6(2)8;1-3-4-5-8-6(2)7;2*1-5-6-7(2,3)4;1-3-5-4-2;1-3-4-2/h6-8,10-11H,5,9,12-14H2,1-4H3;5-9H,3-4,10H2,1-2H3;4*3-7H,1-2H3;5-9H2,1-4H3;2-6H,1H3,(H,9,10);4-6H2,1-3H3;3-5H2,1-2H3,(H,7,8);3-5H2,1-2H3;2*5-6H2,1-4H3;3-5H2,1-2H3;3-4H2,1-2H3. The van der Waals surface area contributed by atoms with Gasteiger partial charge in [0.1, 0.15) is 0 Å². The summed E-state index contributed by atoms with van der Waals surface area (Å²) < 4.78 is 4.64. The van der Waals surface area contributed by atoms with Crippen LogP contribution in [0.25, 0.3) is 0 Å². The number of amides is 9. The van der Waals surface area contributed by atoms with Crippen molar-refractivity contribution >= 4 is 131 Å². The average molecular weight is 2080 g/mol. The maximum atomic E-state index is 11.8. The summed E-state index contributed by atoms with van der Waals surface area (Å²) in [5.41, 5.74) is 6.58. The number of anilines is 7. The fourth-order valence-electron chi connectivity index (χ4n) is 12.7. The number of nitrogens with one attached hydrogen (secondary N) is 2. The molecule has 0 bridgehead atoms. The first-order valence-corrected chi connectivity index (χ1v) is 68.2. The van der Waals surface area contributed by atoms with E-state index in [1.54, 1.807) is 101 Å². The zero-order valence-electron chi connectivity index (χ0n) is 99.2. The molecule has 824 valence electrons. The molecule has 20 nitrogen and oxygen atoms in total. The lowest BCUT2D eigenvalue weighted by molar-refractivity contribution is -0.141. The number of hydrogen-bond acceptors (Lipinski definition) is 11. The molecule has 0 aromatic heterocycles. The van der Waals surface area contributed by atoms with Crippen LogP contribution < -0.4 is 40.0 Å². The Morgan fingerprint density at radius 2 is 0.503 bits per heavy atom. The van der Waals surface area contributed by atoms with Crippen LogP contribution in [0.15, 0.2) is 212 Å². The van der Waals surface area contributed by atoms with E-state index in [9.17, 15) is 47.9 Å². The topological polar surface area (TPSA) is 227 Å². The van der Waals surface area contributed by atoms with Gasteiger partial charge in [0.25, 0.3) is 0 Å². The Labute approximate surface area is 892 Å². The molecular weight excluding hydrogens is 1870 g/mol. The Bertz CT molecular complexity index is 3970. The first kappa shape index (κ1) is 150. The quantitative estimate of drug-likeness (QED) is 0.0211. The van der Waals surface area contributed by atoms with E-state index in [4.69, 9.17) is 0 Å². The van der Waals surface area contributed by atoms with Crippen LogP contribution in [0.2, 0.25) is 102 Å². The van der Waals surface area contributed by atoms with Crippen LogP contribution in [0.3, 0.4) is 0 Å². The molecule has 7 rings (SSSR count). The van der Waals surface area contributed by atoms with Gasteiger partial charge in [-0.1, -0.05) is 415 Å². The minimum atomic E-state index is -1.04. The largest absolute Gasteiger partial charge is 0.466 e. The minimum absolute atomic E-state index is 0.0359. The van der Waals surface area contributed by atoms with Gasteiger partial charge in [0, 0.05) is 203 Å². The molecular formula is C121H213N9O11Si4. The SMILES string of the molecule is CC(=O)N(C)c1ccccc1.CC(=O)N(C)c1ccccc1.CC(=O)N(C)c1ccccc1.CC(=O)N(C)c1ccccc1.CC(=O)Nc1ccccc1.CCCC.CCCCC.CCCCN(C(C)=O)c1ccccc1.CCCCN(C)C(C)=O.CCCCNC(C)=O.CCCCOC(C)=O.CCCC[Si](C)(C)CCC.CCC[Si](C)(C)C.CCC[Si](C)(C)C.CCC[Si](C)(C)CCCN(C(C)=O)c1ccccc1. The highest BCUT2D eigenvalue weighted by Crippen LogP contribution is 2.24. The molecule has 0 heterocycles. The molecule has 0 aliphatic heterocycles. The third kappa shape index (κ3) is 103. The van der Waals surface area contributed by atoms with Crippen molar-refractivity contribution in [3.05, 3.63) is 212 Å². The number of benzene rings is 7. The molecule has 9 amide bonds. The predicted octanol–water partition coefficient (Wildman–Crippen LogP) is 32.6. The van der Waals surface area contributed by atoms with E-state index >= 15 is 0 Å². The number of para-hydroxylation sites is 7. The van der Waals surface area contributed by atoms with Crippen molar-refractivity contribution in [1.29, 1.82) is 0 Å². The molecule has 0 atom stereocenters. The van der Waals surface area contributed by atoms with Crippen LogP contribution >= 0.6 is 0 Å². The van der Waals surface area contributed by atoms with Gasteiger partial charge in [-0.2, -0.15) is 0 Å². The molecule has 24 heteroatoms. The molecule has 0 saturated heterocycles. The molecule has 0 radical (unpaired) electrons. The van der Waals surface area contributed by atoms with Crippen LogP contribution in [0.1, 0.15) is 288 Å². The average Bonchev–Trinajstić information content (AvgIpc) is 0.881. The second-order valence-corrected chi connectivity index (χ2v) is 61.8. The number of carbonyl (C=O) groups excluding carboxylic acids is 10. The number of rotatable bonds is 37. The van der Waals surface area contributed by atoms with E-state index in [0.29, 0.717) is 6.61 Å². The van der Waals surface area contributed by atoms with E-state index < -0.39 is 32.3 Å². The number of ether oxygens (including phenoxy) is 1. The summed E-state index contributed by atoms with van der Waals surface area (Å²) >= 11 is 0. The highest BCUT2D eigenvalue weighted by molar-refractivity contribution is 6.78. The summed E-state index contributed by atoms with van der Waals surface area (Å²) in [6.45, 7) is 72.5. The van der Waals surface area contributed by atoms with Gasteiger partial charge in [0.05, 0.1) is 6.61 Å². The molecule has 0 aliphatic rings. The maximum absolute atomic E-state index is 11.8. The van der Waals surface area contributed by atoms with Gasteiger partial charge in [-0.3, -0.25) is 47.9 Å². The third-order valence-corrected chi connectivity index (χ3v) is 32.9. The monoisotopic (exact) mass is 2080 g/mol. The van der Waals surface area contributed by atoms with Crippen molar-refractivity contribution in [3.8, 4) is 0 Å². The Kier molecular flexibility index (Phi) is 102. The molecule has 0 spiro atoms. The van der Waals surface area contributed by atoms with Gasteiger partial charge in [0.2, 0.25) is 53.2 Å². The van der Waals surface area contributed by atoms with Gasteiger partial charge in [-0.15, -0.1) is 0 Å². The normalized spacial score (nSPS) is 9.89. The zero-order valence-corrected chi connectivity index (χ0v) is 103. The maximum Gasteiger partial charge on any atom is 0.302 e. The smallest absolute Gasteiger partial charge is 0.302 e. The summed E-state index contributed by atoms with van der Waals surface area (Å²) in [6.07, 6.45) is 24.8.